The number of nitrogens with zero attached hydrogens (tertiary/aromatic N) is 2. The first-order valence-electron chi connectivity index (χ1n) is 4.86. The Morgan fingerprint density at radius 1 is 1.57 bits per heavy atom. The maximum Gasteiger partial charge on any atom is 0.132 e. The normalized spacial score (nSPS) is 20.9. The molecule has 5 heteroatoms. The molecule has 1 aromatic rings. The number of alkyl halides is 1. The molecule has 0 amide bonds. The molecule has 0 atom stereocenters. The summed E-state index contributed by atoms with van der Waals surface area (Å²) in [7, 11) is 0. The predicted octanol–water partition coefficient (Wildman–Crippen LogP) is 0.557. The van der Waals surface area contributed by atoms with Gasteiger partial charge >= 0.3 is 0 Å². The van der Waals surface area contributed by atoms with Crippen LogP contribution in [0.5, 0.6) is 0 Å². The monoisotopic (exact) mass is 198 g/mol. The van der Waals surface area contributed by atoms with Crippen LogP contribution in [-0.4, -0.2) is 28.5 Å². The van der Waals surface area contributed by atoms with Crippen LogP contribution in [0.15, 0.2) is 12.4 Å². The Morgan fingerprint density at radius 2 is 2.29 bits per heavy atom. The van der Waals surface area contributed by atoms with Gasteiger partial charge < -0.3 is 11.1 Å². The average Bonchev–Trinajstić information content (AvgIpc) is 2.51. The number of hydrogen-bond donors (Lipinski definition) is 2. The second kappa shape index (κ2) is 3.57. The van der Waals surface area contributed by atoms with Gasteiger partial charge in [0.1, 0.15) is 5.67 Å². The Labute approximate surface area is 82.3 Å². The topological polar surface area (TPSA) is 55.9 Å². The molecular formula is C9H15FN4. The van der Waals surface area contributed by atoms with Crippen LogP contribution in [0.3, 0.4) is 0 Å². The summed E-state index contributed by atoms with van der Waals surface area (Å²) in [6.07, 6.45) is 4.31. The van der Waals surface area contributed by atoms with E-state index in [2.05, 4.69) is 10.4 Å². The molecule has 1 aromatic heterocycles. The maximum atomic E-state index is 14.1. The highest BCUT2D eigenvalue weighted by Crippen LogP contribution is 2.25. The van der Waals surface area contributed by atoms with Crippen molar-refractivity contribution >= 4 is 5.69 Å². The zero-order valence-electron chi connectivity index (χ0n) is 8.04. The van der Waals surface area contributed by atoms with Crippen molar-refractivity contribution in [3.05, 3.63) is 12.4 Å². The number of aromatic nitrogens is 2. The van der Waals surface area contributed by atoms with Crippen molar-refractivity contribution in [3.8, 4) is 0 Å². The fourth-order valence-electron chi connectivity index (χ4n) is 1.79. The standard InChI is InChI=1S/C9H15FN4/c10-9(1-3-12-4-2-9)7-14-6-8(11)5-13-14/h5-6,12H,1-4,7,11H2. The molecule has 1 saturated heterocycles. The third kappa shape index (κ3) is 2.04. The Morgan fingerprint density at radius 3 is 2.86 bits per heavy atom. The number of nitrogens with one attached hydrogen (secondary N) is 1. The third-order valence-electron chi connectivity index (χ3n) is 2.60. The Bertz CT molecular complexity index is 304. The molecule has 78 valence electrons. The highest BCUT2D eigenvalue weighted by Gasteiger charge is 2.32. The molecule has 1 aliphatic rings. The first kappa shape index (κ1) is 9.45. The minimum Gasteiger partial charge on any atom is -0.396 e. The summed E-state index contributed by atoms with van der Waals surface area (Å²) in [5, 5.41) is 7.12. The Hall–Kier alpha value is -1.10. The van der Waals surface area contributed by atoms with Crippen LogP contribution in [0.25, 0.3) is 0 Å². The SMILES string of the molecule is Nc1cnn(CC2(F)CCNCC2)c1. The van der Waals surface area contributed by atoms with Crippen LogP contribution in [0.4, 0.5) is 10.1 Å². The molecule has 1 aliphatic heterocycles. The highest BCUT2D eigenvalue weighted by molar-refractivity contribution is 5.30. The molecule has 2 heterocycles. The number of anilines is 1. The fraction of sp³-hybridized carbons (Fsp3) is 0.667. The summed E-state index contributed by atoms with van der Waals surface area (Å²) in [6, 6.07) is 0. The zero-order valence-corrected chi connectivity index (χ0v) is 8.04. The van der Waals surface area contributed by atoms with Crippen LogP contribution in [0.1, 0.15) is 12.8 Å². The molecule has 2 rings (SSSR count). The number of halogens is 1. The number of nitrogen functional groups attached to an aromatic ring is 1. The van der Waals surface area contributed by atoms with Crippen LogP contribution in [0.2, 0.25) is 0 Å². The van der Waals surface area contributed by atoms with Gasteiger partial charge in [-0.25, -0.2) is 4.39 Å². The number of nitrogens with two attached hydrogens (primary N) is 1. The minimum absolute atomic E-state index is 0.311. The van der Waals surface area contributed by atoms with Gasteiger partial charge in [-0.05, 0) is 25.9 Å². The largest absolute Gasteiger partial charge is 0.396 e. The van der Waals surface area contributed by atoms with Crippen molar-refractivity contribution in [2.45, 2.75) is 25.1 Å². The summed E-state index contributed by atoms with van der Waals surface area (Å²) >= 11 is 0. The zero-order chi connectivity index (χ0) is 10.0. The van der Waals surface area contributed by atoms with E-state index in [-0.39, 0.29) is 0 Å². The van der Waals surface area contributed by atoms with E-state index in [1.807, 2.05) is 0 Å². The summed E-state index contributed by atoms with van der Waals surface area (Å²) in [5.41, 5.74) is 4.97. The summed E-state index contributed by atoms with van der Waals surface area (Å²) < 4.78 is 15.7. The van der Waals surface area contributed by atoms with Crippen LogP contribution in [-0.2, 0) is 6.54 Å². The third-order valence-corrected chi connectivity index (χ3v) is 2.60. The lowest BCUT2D eigenvalue weighted by molar-refractivity contribution is 0.0895. The van der Waals surface area contributed by atoms with Gasteiger partial charge in [-0.1, -0.05) is 0 Å². The lowest BCUT2D eigenvalue weighted by Crippen LogP contribution is -2.41. The second-order valence-corrected chi connectivity index (χ2v) is 3.87. The van der Waals surface area contributed by atoms with E-state index in [0.717, 1.165) is 13.1 Å². The fourth-order valence-corrected chi connectivity index (χ4v) is 1.79. The van der Waals surface area contributed by atoms with Crippen molar-refractivity contribution in [1.82, 2.24) is 15.1 Å². The molecule has 3 N–H and O–H groups in total. The van der Waals surface area contributed by atoms with Crippen molar-refractivity contribution in [1.29, 1.82) is 0 Å². The average molecular weight is 198 g/mol. The van der Waals surface area contributed by atoms with Gasteiger partial charge in [-0.3, -0.25) is 4.68 Å². The van der Waals surface area contributed by atoms with Gasteiger partial charge in [0.15, 0.2) is 0 Å². The van der Waals surface area contributed by atoms with Gasteiger partial charge in [-0.15, -0.1) is 0 Å². The van der Waals surface area contributed by atoms with Crippen LogP contribution < -0.4 is 11.1 Å². The predicted molar refractivity (Wildman–Crippen MR) is 52.6 cm³/mol. The smallest absolute Gasteiger partial charge is 0.132 e. The summed E-state index contributed by atoms with van der Waals surface area (Å²) in [6.45, 7) is 1.80. The van der Waals surface area contributed by atoms with Crippen molar-refractivity contribution in [3.63, 3.8) is 0 Å². The molecule has 0 radical (unpaired) electrons. The molecule has 14 heavy (non-hydrogen) atoms. The van der Waals surface area contributed by atoms with Gasteiger partial charge in [0.05, 0.1) is 18.4 Å². The molecule has 0 unspecified atom stereocenters. The maximum absolute atomic E-state index is 14.1. The molecular weight excluding hydrogens is 183 g/mol. The molecule has 0 aromatic carbocycles. The van der Waals surface area contributed by atoms with Crippen LogP contribution >= 0.6 is 0 Å². The molecule has 0 aliphatic carbocycles. The molecule has 0 spiro atoms. The Kier molecular flexibility index (Phi) is 2.41. The first-order valence-corrected chi connectivity index (χ1v) is 4.86. The minimum atomic E-state index is -1.12. The van der Waals surface area contributed by atoms with E-state index in [9.17, 15) is 4.39 Å². The number of piperidine rings is 1. The highest BCUT2D eigenvalue weighted by atomic mass is 19.1. The van der Waals surface area contributed by atoms with Crippen LogP contribution in [0, 0.1) is 0 Å². The lowest BCUT2D eigenvalue weighted by Gasteiger charge is -2.29. The van der Waals surface area contributed by atoms with Crippen molar-refractivity contribution in [2.24, 2.45) is 0 Å². The van der Waals surface area contributed by atoms with Gasteiger partial charge in [-0.2, -0.15) is 5.10 Å². The second-order valence-electron chi connectivity index (χ2n) is 3.87. The van der Waals surface area contributed by atoms with E-state index >= 15 is 0 Å². The molecule has 0 saturated carbocycles. The van der Waals surface area contributed by atoms with Crippen molar-refractivity contribution < 1.29 is 4.39 Å². The van der Waals surface area contributed by atoms with Gasteiger partial charge in [0.2, 0.25) is 0 Å². The molecule has 4 nitrogen and oxygen atoms in total. The quantitative estimate of drug-likeness (QED) is 0.730. The van der Waals surface area contributed by atoms with E-state index in [4.69, 9.17) is 5.73 Å². The summed E-state index contributed by atoms with van der Waals surface area (Å²) in [5.74, 6) is 0. The van der Waals surface area contributed by atoms with E-state index in [1.54, 1.807) is 17.1 Å². The molecule has 1 fully saturated rings. The molecule has 0 bridgehead atoms. The number of rotatable bonds is 2. The lowest BCUT2D eigenvalue weighted by atomic mass is 9.94. The van der Waals surface area contributed by atoms with E-state index in [0.29, 0.717) is 25.1 Å². The Balaban J connectivity index is 2.01. The number of hydrogen-bond acceptors (Lipinski definition) is 3. The first-order chi connectivity index (χ1) is 6.68. The van der Waals surface area contributed by atoms with E-state index in [1.165, 1.54) is 0 Å². The van der Waals surface area contributed by atoms with Crippen molar-refractivity contribution in [2.75, 3.05) is 18.8 Å². The van der Waals surface area contributed by atoms with Gasteiger partial charge in [0, 0.05) is 6.20 Å². The van der Waals surface area contributed by atoms with Gasteiger partial charge in [0.25, 0.3) is 0 Å². The van der Waals surface area contributed by atoms with E-state index < -0.39 is 5.67 Å². The summed E-state index contributed by atoms with van der Waals surface area (Å²) in [4.78, 5) is 0.